The van der Waals surface area contributed by atoms with Crippen LogP contribution in [0.5, 0.6) is 0 Å². The van der Waals surface area contributed by atoms with Crippen molar-refractivity contribution in [2.24, 2.45) is 15.9 Å². The quantitative estimate of drug-likeness (QED) is 0.694. The van der Waals surface area contributed by atoms with Gasteiger partial charge in [0.2, 0.25) is 5.91 Å². The van der Waals surface area contributed by atoms with Gasteiger partial charge in [0.05, 0.1) is 10.9 Å². The third-order valence-corrected chi connectivity index (χ3v) is 7.01. The van der Waals surface area contributed by atoms with E-state index in [-0.39, 0.29) is 17.7 Å². The number of hydrogen-bond acceptors (Lipinski definition) is 5. The van der Waals surface area contributed by atoms with Gasteiger partial charge in [0.25, 0.3) is 5.91 Å². The van der Waals surface area contributed by atoms with E-state index >= 15 is 0 Å². The lowest BCUT2D eigenvalue weighted by Gasteiger charge is -2.27. The van der Waals surface area contributed by atoms with Crippen LogP contribution < -0.4 is 5.32 Å². The first-order valence-electron chi connectivity index (χ1n) is 10.9. The van der Waals surface area contributed by atoms with Gasteiger partial charge in [-0.2, -0.15) is 0 Å². The molecule has 4 rings (SSSR count). The van der Waals surface area contributed by atoms with Crippen molar-refractivity contribution in [2.45, 2.75) is 52.3 Å². The third kappa shape index (κ3) is 4.09. The van der Waals surface area contributed by atoms with Gasteiger partial charge in [-0.3, -0.25) is 14.6 Å². The number of carbonyl (C=O) groups is 2. The van der Waals surface area contributed by atoms with E-state index in [0.717, 1.165) is 28.1 Å². The number of benzene rings is 2. The number of anilines is 1. The second kappa shape index (κ2) is 8.90. The van der Waals surface area contributed by atoms with Crippen LogP contribution in [-0.4, -0.2) is 39.0 Å². The number of amidine groups is 2. The van der Waals surface area contributed by atoms with E-state index in [2.05, 4.69) is 5.32 Å². The molecule has 0 bridgehead atoms. The number of aryl methyl sites for hydroxylation is 2. The fourth-order valence-corrected chi connectivity index (χ4v) is 4.84. The zero-order chi connectivity index (χ0) is 23.0. The van der Waals surface area contributed by atoms with Crippen LogP contribution >= 0.6 is 11.8 Å². The molecule has 2 amide bonds. The highest BCUT2D eigenvalue weighted by molar-refractivity contribution is 8.15. The van der Waals surface area contributed by atoms with E-state index < -0.39 is 11.3 Å². The molecular weight excluding hydrogens is 420 g/mol. The summed E-state index contributed by atoms with van der Waals surface area (Å²) >= 11 is 1.32. The molecule has 0 fully saturated rings. The summed E-state index contributed by atoms with van der Waals surface area (Å²) in [5, 5.41) is 3.18. The average molecular weight is 449 g/mol. The minimum atomic E-state index is -0.439. The molecular formula is C25H28N4O2S. The van der Waals surface area contributed by atoms with E-state index in [1.807, 2.05) is 77.1 Å². The molecule has 166 valence electrons. The van der Waals surface area contributed by atoms with E-state index in [1.54, 1.807) is 4.90 Å². The third-order valence-electron chi connectivity index (χ3n) is 5.69. The van der Waals surface area contributed by atoms with Crippen molar-refractivity contribution >= 4 is 46.0 Å². The van der Waals surface area contributed by atoms with E-state index in [4.69, 9.17) is 9.98 Å². The van der Waals surface area contributed by atoms with E-state index in [1.165, 1.54) is 11.8 Å². The highest BCUT2D eigenvalue weighted by atomic mass is 32.2. The van der Waals surface area contributed by atoms with Crippen LogP contribution in [0.25, 0.3) is 0 Å². The van der Waals surface area contributed by atoms with Crippen molar-refractivity contribution in [3.8, 4) is 0 Å². The number of hydrogen-bond donors (Lipinski definition) is 1. The average Bonchev–Trinajstić information content (AvgIpc) is 3.12. The molecule has 0 spiro atoms. The number of thioether (sulfide) groups is 1. The molecule has 6 nitrogen and oxygen atoms in total. The highest BCUT2D eigenvalue weighted by Gasteiger charge is 2.43. The summed E-state index contributed by atoms with van der Waals surface area (Å²) in [6, 6.07) is 13.3. The minimum absolute atomic E-state index is 0.0774. The van der Waals surface area contributed by atoms with Crippen molar-refractivity contribution in [3.63, 3.8) is 0 Å². The zero-order valence-electron chi connectivity index (χ0n) is 19.0. The Morgan fingerprint density at radius 2 is 1.94 bits per heavy atom. The van der Waals surface area contributed by atoms with Gasteiger partial charge in [-0.15, -0.1) is 0 Å². The number of aliphatic imine (C=N–C) groups is 2. The molecule has 0 aromatic heterocycles. The predicted octanol–water partition coefficient (Wildman–Crippen LogP) is 5.07. The van der Waals surface area contributed by atoms with Crippen LogP contribution in [0.4, 0.5) is 11.4 Å². The lowest BCUT2D eigenvalue weighted by Crippen LogP contribution is -2.43. The maximum Gasteiger partial charge on any atom is 0.259 e. The molecule has 2 aliphatic rings. The maximum atomic E-state index is 13.2. The lowest BCUT2D eigenvalue weighted by molar-refractivity contribution is -0.125. The molecule has 32 heavy (non-hydrogen) atoms. The normalized spacial score (nSPS) is 18.1. The Balaban J connectivity index is 1.64. The van der Waals surface area contributed by atoms with Gasteiger partial charge in [0, 0.05) is 11.3 Å². The SMILES string of the molecule is CCC(SC1=Nc2ccccc2C2=NC(C(C)C)C(=O)N12)C(=O)Nc1cc(C)ccc1C. The van der Waals surface area contributed by atoms with Crippen LogP contribution in [0.1, 0.15) is 43.9 Å². The molecule has 2 atom stereocenters. The second-order valence-corrected chi connectivity index (χ2v) is 9.72. The predicted molar refractivity (Wildman–Crippen MR) is 132 cm³/mol. The van der Waals surface area contributed by atoms with Crippen LogP contribution in [0.15, 0.2) is 52.4 Å². The first-order chi connectivity index (χ1) is 15.3. The summed E-state index contributed by atoms with van der Waals surface area (Å²) in [4.78, 5) is 37.5. The van der Waals surface area contributed by atoms with Crippen LogP contribution in [-0.2, 0) is 9.59 Å². The summed E-state index contributed by atoms with van der Waals surface area (Å²) < 4.78 is 0. The first-order valence-corrected chi connectivity index (χ1v) is 11.8. The molecule has 7 heteroatoms. The Labute approximate surface area is 193 Å². The molecule has 2 unspecified atom stereocenters. The number of carbonyl (C=O) groups excluding carboxylic acids is 2. The summed E-state index contributed by atoms with van der Waals surface area (Å²) in [5.41, 5.74) is 4.53. The molecule has 2 heterocycles. The molecule has 2 aromatic carbocycles. The molecule has 0 saturated heterocycles. The Morgan fingerprint density at radius 1 is 1.19 bits per heavy atom. The summed E-state index contributed by atoms with van der Waals surface area (Å²) in [7, 11) is 0. The Kier molecular flexibility index (Phi) is 6.20. The Morgan fingerprint density at radius 3 is 2.66 bits per heavy atom. The van der Waals surface area contributed by atoms with Crippen molar-refractivity contribution in [1.29, 1.82) is 0 Å². The maximum absolute atomic E-state index is 13.2. The van der Waals surface area contributed by atoms with Gasteiger partial charge in [0.1, 0.15) is 11.9 Å². The van der Waals surface area contributed by atoms with Crippen LogP contribution in [0, 0.1) is 19.8 Å². The Bertz CT molecular complexity index is 1140. The number of nitrogens with zero attached hydrogens (tertiary/aromatic N) is 3. The van der Waals surface area contributed by atoms with Crippen molar-refractivity contribution in [2.75, 3.05) is 5.32 Å². The lowest BCUT2D eigenvalue weighted by atomic mass is 10.1. The van der Waals surface area contributed by atoms with Crippen molar-refractivity contribution in [3.05, 3.63) is 59.2 Å². The smallest absolute Gasteiger partial charge is 0.259 e. The van der Waals surface area contributed by atoms with Crippen molar-refractivity contribution < 1.29 is 9.59 Å². The fraction of sp³-hybridized carbons (Fsp3) is 0.360. The number of para-hydroxylation sites is 1. The molecule has 0 saturated carbocycles. The van der Waals surface area contributed by atoms with Gasteiger partial charge in [-0.1, -0.05) is 56.8 Å². The molecule has 0 radical (unpaired) electrons. The van der Waals surface area contributed by atoms with Gasteiger partial charge < -0.3 is 5.32 Å². The summed E-state index contributed by atoms with van der Waals surface area (Å²) in [6.45, 7) is 9.93. The fourth-order valence-electron chi connectivity index (χ4n) is 3.82. The number of fused-ring (bicyclic) bond motifs is 3. The topological polar surface area (TPSA) is 74.1 Å². The standard InChI is InChI=1S/C25H28N4O2S/c1-6-20(23(30)26-19-13-15(4)11-12-16(19)5)32-25-27-18-10-8-7-9-17(18)22-28-21(14(2)3)24(31)29(22)25/h7-14,20-21H,6H2,1-5H3,(H,26,30). The Hall–Kier alpha value is -2.93. The zero-order valence-corrected chi connectivity index (χ0v) is 19.9. The van der Waals surface area contributed by atoms with Crippen molar-refractivity contribution in [1.82, 2.24) is 4.90 Å². The monoisotopic (exact) mass is 448 g/mol. The van der Waals surface area contributed by atoms with Gasteiger partial charge in [0.15, 0.2) is 5.17 Å². The minimum Gasteiger partial charge on any atom is -0.325 e. The summed E-state index contributed by atoms with van der Waals surface area (Å²) in [6.07, 6.45) is 0.601. The van der Waals surface area contributed by atoms with Crippen LogP contribution in [0.2, 0.25) is 0 Å². The molecule has 2 aromatic rings. The van der Waals surface area contributed by atoms with Crippen LogP contribution in [0.3, 0.4) is 0 Å². The number of amides is 2. The number of nitrogens with one attached hydrogen (secondary N) is 1. The highest BCUT2D eigenvalue weighted by Crippen LogP contribution is 2.36. The molecule has 0 aliphatic carbocycles. The summed E-state index contributed by atoms with van der Waals surface area (Å²) in [5.74, 6) is 0.527. The van der Waals surface area contributed by atoms with E-state index in [9.17, 15) is 9.59 Å². The number of rotatable bonds is 5. The molecule has 1 N–H and O–H groups in total. The van der Waals surface area contributed by atoms with Gasteiger partial charge in [-0.25, -0.2) is 9.89 Å². The van der Waals surface area contributed by atoms with Gasteiger partial charge >= 0.3 is 0 Å². The first kappa shape index (κ1) is 22.3. The largest absolute Gasteiger partial charge is 0.325 e. The molecule has 2 aliphatic heterocycles. The van der Waals surface area contributed by atoms with Gasteiger partial charge in [-0.05, 0) is 55.5 Å². The second-order valence-electron chi connectivity index (χ2n) is 8.55. The van der Waals surface area contributed by atoms with E-state index in [0.29, 0.717) is 17.4 Å².